The van der Waals surface area contributed by atoms with Crippen LogP contribution in [0.25, 0.3) is 0 Å². The molecule has 0 amide bonds. The number of nitrogens with zero attached hydrogens (tertiary/aromatic N) is 2. The summed E-state index contributed by atoms with van der Waals surface area (Å²) in [7, 11) is 0. The van der Waals surface area contributed by atoms with Gasteiger partial charge >= 0.3 is 0 Å². The van der Waals surface area contributed by atoms with Gasteiger partial charge in [-0.05, 0) is 6.92 Å². The summed E-state index contributed by atoms with van der Waals surface area (Å²) >= 11 is 1.90. The molecule has 0 aromatic carbocycles. The number of hydrogen-bond acceptors (Lipinski definition) is 6. The fraction of sp³-hybridized carbons (Fsp3) is 0.778. The second kappa shape index (κ2) is 5.48. The standard InChI is InChI=1S/C9H15N3O2S/c1-2-13-5-8-11-9(14-12-8)7-6-15-4-3-10-7/h7,10H,2-6H2,1H3. The van der Waals surface area contributed by atoms with Gasteiger partial charge in [-0.2, -0.15) is 16.7 Å². The van der Waals surface area contributed by atoms with Crippen molar-refractivity contribution in [3.63, 3.8) is 0 Å². The minimum Gasteiger partial charge on any atom is -0.374 e. The molecule has 1 unspecified atom stereocenters. The Bertz CT molecular complexity index is 299. The normalized spacial score (nSPS) is 21.8. The van der Waals surface area contributed by atoms with E-state index in [1.807, 2.05) is 18.7 Å². The molecule has 15 heavy (non-hydrogen) atoms. The summed E-state index contributed by atoms with van der Waals surface area (Å²) in [5.74, 6) is 3.45. The Labute approximate surface area is 93.0 Å². The van der Waals surface area contributed by atoms with Crippen molar-refractivity contribution in [1.29, 1.82) is 0 Å². The van der Waals surface area contributed by atoms with Crippen molar-refractivity contribution in [3.8, 4) is 0 Å². The number of rotatable bonds is 4. The lowest BCUT2D eigenvalue weighted by molar-refractivity contribution is 0.126. The van der Waals surface area contributed by atoms with Crippen molar-refractivity contribution in [3.05, 3.63) is 11.7 Å². The zero-order valence-corrected chi connectivity index (χ0v) is 9.55. The van der Waals surface area contributed by atoms with E-state index in [-0.39, 0.29) is 6.04 Å². The molecule has 0 aliphatic carbocycles. The molecule has 0 bridgehead atoms. The lowest BCUT2D eigenvalue weighted by Gasteiger charge is -2.19. The Balaban J connectivity index is 1.93. The van der Waals surface area contributed by atoms with E-state index in [1.54, 1.807) is 0 Å². The first-order valence-electron chi connectivity index (χ1n) is 5.11. The highest BCUT2D eigenvalue weighted by molar-refractivity contribution is 7.99. The number of nitrogens with one attached hydrogen (secondary N) is 1. The predicted octanol–water partition coefficient (Wildman–Crippen LogP) is 0.984. The van der Waals surface area contributed by atoms with Crippen molar-refractivity contribution in [2.24, 2.45) is 0 Å². The fourth-order valence-electron chi connectivity index (χ4n) is 1.39. The van der Waals surface area contributed by atoms with Gasteiger partial charge < -0.3 is 14.6 Å². The first kappa shape index (κ1) is 10.9. The third kappa shape index (κ3) is 2.93. The second-order valence-corrected chi connectivity index (χ2v) is 4.42. The summed E-state index contributed by atoms with van der Waals surface area (Å²) in [5.41, 5.74) is 0. The molecule has 1 aromatic rings. The van der Waals surface area contributed by atoms with Crippen molar-refractivity contribution in [2.45, 2.75) is 19.6 Å². The summed E-state index contributed by atoms with van der Waals surface area (Å²) < 4.78 is 10.4. The summed E-state index contributed by atoms with van der Waals surface area (Å²) in [5, 5.41) is 7.22. The lowest BCUT2D eigenvalue weighted by atomic mass is 10.3. The van der Waals surface area contributed by atoms with E-state index < -0.39 is 0 Å². The van der Waals surface area contributed by atoms with E-state index in [1.165, 1.54) is 0 Å². The molecule has 1 aliphatic heterocycles. The van der Waals surface area contributed by atoms with E-state index >= 15 is 0 Å². The molecule has 1 N–H and O–H groups in total. The maximum Gasteiger partial charge on any atom is 0.244 e. The minimum absolute atomic E-state index is 0.201. The van der Waals surface area contributed by atoms with Crippen LogP contribution < -0.4 is 5.32 Å². The van der Waals surface area contributed by atoms with Crippen LogP contribution in [0, 0.1) is 0 Å². The molecular formula is C9H15N3O2S. The van der Waals surface area contributed by atoms with Crippen LogP contribution in [0.1, 0.15) is 24.7 Å². The van der Waals surface area contributed by atoms with Crippen LogP contribution in [0.15, 0.2) is 4.52 Å². The van der Waals surface area contributed by atoms with Gasteiger partial charge in [-0.3, -0.25) is 0 Å². The zero-order valence-electron chi connectivity index (χ0n) is 8.73. The van der Waals surface area contributed by atoms with Crippen molar-refractivity contribution in [2.75, 3.05) is 24.7 Å². The van der Waals surface area contributed by atoms with Crippen LogP contribution in [-0.4, -0.2) is 34.8 Å². The van der Waals surface area contributed by atoms with Gasteiger partial charge in [0.05, 0.1) is 6.04 Å². The monoisotopic (exact) mass is 229 g/mol. The molecule has 1 aromatic heterocycles. The number of hydrogen-bond donors (Lipinski definition) is 1. The minimum atomic E-state index is 0.201. The third-order valence-corrected chi connectivity index (χ3v) is 3.20. The van der Waals surface area contributed by atoms with Crippen LogP contribution >= 0.6 is 11.8 Å². The van der Waals surface area contributed by atoms with E-state index in [0.717, 1.165) is 18.1 Å². The Kier molecular flexibility index (Phi) is 3.99. The maximum absolute atomic E-state index is 5.21. The Morgan fingerprint density at radius 2 is 2.60 bits per heavy atom. The van der Waals surface area contributed by atoms with Gasteiger partial charge in [0.2, 0.25) is 5.89 Å². The molecule has 0 radical (unpaired) electrons. The molecule has 2 rings (SSSR count). The Morgan fingerprint density at radius 1 is 1.67 bits per heavy atom. The summed E-state index contributed by atoms with van der Waals surface area (Å²) in [6.45, 7) is 4.04. The molecule has 1 aliphatic rings. The largest absolute Gasteiger partial charge is 0.374 e. The lowest BCUT2D eigenvalue weighted by Crippen LogP contribution is -2.30. The van der Waals surface area contributed by atoms with Crippen molar-refractivity contribution < 1.29 is 9.26 Å². The molecule has 6 heteroatoms. The Hall–Kier alpha value is -0.590. The quantitative estimate of drug-likeness (QED) is 0.830. The van der Waals surface area contributed by atoms with Crippen LogP contribution in [0.3, 0.4) is 0 Å². The van der Waals surface area contributed by atoms with E-state index in [0.29, 0.717) is 24.9 Å². The molecule has 2 heterocycles. The maximum atomic E-state index is 5.21. The highest BCUT2D eigenvalue weighted by Gasteiger charge is 2.21. The average Bonchev–Trinajstić information content (AvgIpc) is 2.76. The van der Waals surface area contributed by atoms with Gasteiger partial charge in [0.25, 0.3) is 0 Å². The van der Waals surface area contributed by atoms with Gasteiger partial charge in [0.15, 0.2) is 5.82 Å². The van der Waals surface area contributed by atoms with E-state index in [2.05, 4.69) is 15.5 Å². The van der Waals surface area contributed by atoms with Gasteiger partial charge in [0, 0.05) is 24.7 Å². The molecule has 5 nitrogen and oxygen atoms in total. The van der Waals surface area contributed by atoms with E-state index in [9.17, 15) is 0 Å². The Morgan fingerprint density at radius 3 is 3.33 bits per heavy atom. The number of thioether (sulfide) groups is 1. The fourth-order valence-corrected chi connectivity index (χ4v) is 2.31. The highest BCUT2D eigenvalue weighted by atomic mass is 32.2. The third-order valence-electron chi connectivity index (χ3n) is 2.14. The molecule has 1 fully saturated rings. The SMILES string of the molecule is CCOCc1noc(C2CSCCN2)n1. The summed E-state index contributed by atoms with van der Waals surface area (Å²) in [6.07, 6.45) is 0. The molecule has 0 spiro atoms. The van der Waals surface area contributed by atoms with Crippen LogP contribution in [0.2, 0.25) is 0 Å². The van der Waals surface area contributed by atoms with Gasteiger partial charge in [0.1, 0.15) is 6.61 Å². The van der Waals surface area contributed by atoms with Crippen molar-refractivity contribution in [1.82, 2.24) is 15.5 Å². The molecular weight excluding hydrogens is 214 g/mol. The van der Waals surface area contributed by atoms with Gasteiger partial charge in [-0.1, -0.05) is 5.16 Å². The first-order chi connectivity index (χ1) is 7.40. The van der Waals surface area contributed by atoms with E-state index in [4.69, 9.17) is 9.26 Å². The van der Waals surface area contributed by atoms with Crippen LogP contribution in [0.5, 0.6) is 0 Å². The zero-order chi connectivity index (χ0) is 10.5. The topological polar surface area (TPSA) is 60.2 Å². The smallest absolute Gasteiger partial charge is 0.244 e. The van der Waals surface area contributed by atoms with Gasteiger partial charge in [-0.15, -0.1) is 0 Å². The summed E-state index contributed by atoms with van der Waals surface area (Å²) in [6, 6.07) is 0.201. The predicted molar refractivity (Wildman–Crippen MR) is 57.7 cm³/mol. The van der Waals surface area contributed by atoms with Crippen LogP contribution in [0.4, 0.5) is 0 Å². The molecule has 1 atom stereocenters. The molecule has 84 valence electrons. The van der Waals surface area contributed by atoms with Gasteiger partial charge in [-0.25, -0.2) is 0 Å². The molecule has 1 saturated heterocycles. The van der Waals surface area contributed by atoms with Crippen molar-refractivity contribution >= 4 is 11.8 Å². The summed E-state index contributed by atoms with van der Waals surface area (Å²) in [4.78, 5) is 4.29. The number of ether oxygens (including phenoxy) is 1. The molecule has 0 saturated carbocycles. The average molecular weight is 229 g/mol. The highest BCUT2D eigenvalue weighted by Crippen LogP contribution is 2.20. The first-order valence-corrected chi connectivity index (χ1v) is 6.27. The number of aromatic nitrogens is 2. The second-order valence-electron chi connectivity index (χ2n) is 3.27. The van der Waals surface area contributed by atoms with Crippen LogP contribution in [-0.2, 0) is 11.3 Å².